The van der Waals surface area contributed by atoms with Crippen LogP contribution in [-0.2, 0) is 6.18 Å². The molecular formula is C11H8F3N3O2. The molecule has 0 amide bonds. The van der Waals surface area contributed by atoms with Crippen LogP contribution in [0.1, 0.15) is 21.7 Å². The van der Waals surface area contributed by atoms with Gasteiger partial charge in [-0.3, -0.25) is 0 Å². The van der Waals surface area contributed by atoms with Crippen LogP contribution >= 0.6 is 0 Å². The molecule has 0 saturated heterocycles. The second-order valence-corrected chi connectivity index (χ2v) is 3.79. The Labute approximate surface area is 105 Å². The summed E-state index contributed by atoms with van der Waals surface area (Å²) in [6.07, 6.45) is -3.78. The molecule has 8 heteroatoms. The zero-order chi connectivity index (χ0) is 14.2. The highest BCUT2D eigenvalue weighted by molar-refractivity contribution is 5.85. The van der Waals surface area contributed by atoms with Crippen molar-refractivity contribution in [2.45, 2.75) is 13.1 Å². The first-order valence-electron chi connectivity index (χ1n) is 5.12. The van der Waals surface area contributed by atoms with Gasteiger partial charge in [-0.25, -0.2) is 14.5 Å². The van der Waals surface area contributed by atoms with Crippen molar-refractivity contribution in [1.29, 1.82) is 0 Å². The molecule has 0 spiro atoms. The van der Waals surface area contributed by atoms with E-state index in [0.717, 1.165) is 12.1 Å². The molecule has 0 aliphatic heterocycles. The molecule has 0 radical (unpaired) electrons. The Bertz CT molecular complexity index is 617. The molecular weight excluding hydrogens is 263 g/mol. The Morgan fingerprint density at radius 2 is 2.05 bits per heavy atom. The first-order chi connectivity index (χ1) is 8.79. The summed E-state index contributed by atoms with van der Waals surface area (Å²) < 4.78 is 38.3. The second-order valence-electron chi connectivity index (χ2n) is 3.79. The molecule has 0 saturated carbocycles. The van der Waals surface area contributed by atoms with Gasteiger partial charge < -0.3 is 5.11 Å². The van der Waals surface area contributed by atoms with Crippen LogP contribution in [0, 0.1) is 6.92 Å². The van der Waals surface area contributed by atoms with Crippen molar-refractivity contribution in [3.63, 3.8) is 0 Å². The van der Waals surface area contributed by atoms with E-state index in [1.165, 1.54) is 10.7 Å². The third-order valence-electron chi connectivity index (χ3n) is 2.40. The van der Waals surface area contributed by atoms with Crippen molar-refractivity contribution in [2.75, 3.05) is 0 Å². The minimum absolute atomic E-state index is 0.123. The van der Waals surface area contributed by atoms with E-state index in [2.05, 4.69) is 10.1 Å². The zero-order valence-electron chi connectivity index (χ0n) is 9.64. The van der Waals surface area contributed by atoms with Crippen molar-refractivity contribution in [2.24, 2.45) is 0 Å². The van der Waals surface area contributed by atoms with E-state index < -0.39 is 17.7 Å². The average Bonchev–Trinajstić information content (AvgIpc) is 2.70. The van der Waals surface area contributed by atoms with Crippen LogP contribution in [0.4, 0.5) is 13.2 Å². The third-order valence-corrected chi connectivity index (χ3v) is 2.40. The summed E-state index contributed by atoms with van der Waals surface area (Å²) in [7, 11) is 0. The Balaban J connectivity index is 2.40. The summed E-state index contributed by atoms with van der Waals surface area (Å²) in [4.78, 5) is 14.4. The van der Waals surface area contributed by atoms with Crippen molar-refractivity contribution < 1.29 is 23.1 Å². The van der Waals surface area contributed by atoms with Crippen molar-refractivity contribution >= 4 is 5.97 Å². The molecule has 0 aliphatic rings. The maximum Gasteiger partial charge on any atom is 0.417 e. The van der Waals surface area contributed by atoms with Crippen LogP contribution in [0.25, 0.3) is 5.82 Å². The lowest BCUT2D eigenvalue weighted by atomic mass is 10.3. The second kappa shape index (κ2) is 4.38. The number of alkyl halides is 3. The van der Waals surface area contributed by atoms with Gasteiger partial charge >= 0.3 is 12.1 Å². The predicted molar refractivity (Wildman–Crippen MR) is 58.1 cm³/mol. The first-order valence-corrected chi connectivity index (χ1v) is 5.12. The number of aromatic nitrogens is 3. The smallest absolute Gasteiger partial charge is 0.417 e. The lowest BCUT2D eigenvalue weighted by Crippen LogP contribution is -2.08. The lowest BCUT2D eigenvalue weighted by molar-refractivity contribution is -0.137. The van der Waals surface area contributed by atoms with Crippen LogP contribution in [-0.4, -0.2) is 25.8 Å². The van der Waals surface area contributed by atoms with Gasteiger partial charge in [0.05, 0.1) is 5.56 Å². The number of hydrogen-bond donors (Lipinski definition) is 1. The quantitative estimate of drug-likeness (QED) is 0.909. The van der Waals surface area contributed by atoms with Crippen molar-refractivity contribution in [3.05, 3.63) is 41.3 Å². The monoisotopic (exact) mass is 271 g/mol. The van der Waals surface area contributed by atoms with Gasteiger partial charge in [0.15, 0.2) is 11.5 Å². The van der Waals surface area contributed by atoms with Gasteiger partial charge in [-0.2, -0.15) is 18.3 Å². The highest BCUT2D eigenvalue weighted by Crippen LogP contribution is 2.28. The van der Waals surface area contributed by atoms with Gasteiger partial charge in [-0.05, 0) is 25.1 Å². The number of carboxylic acids is 1. The SMILES string of the molecule is Cc1cc(C(=O)O)nn1-c1ccc(C(F)(F)F)cn1. The molecule has 0 bridgehead atoms. The minimum Gasteiger partial charge on any atom is -0.476 e. The summed E-state index contributed by atoms with van der Waals surface area (Å²) in [5, 5.41) is 12.5. The van der Waals surface area contributed by atoms with E-state index >= 15 is 0 Å². The molecule has 0 aliphatic carbocycles. The van der Waals surface area contributed by atoms with Gasteiger partial charge in [0.2, 0.25) is 0 Å². The van der Waals surface area contributed by atoms with E-state index in [1.54, 1.807) is 6.92 Å². The number of rotatable bonds is 2. The molecule has 5 nitrogen and oxygen atoms in total. The van der Waals surface area contributed by atoms with Crippen molar-refractivity contribution in [3.8, 4) is 5.82 Å². The van der Waals surface area contributed by atoms with Crippen molar-refractivity contribution in [1.82, 2.24) is 14.8 Å². The van der Waals surface area contributed by atoms with E-state index in [0.29, 0.717) is 11.9 Å². The molecule has 100 valence electrons. The van der Waals surface area contributed by atoms with E-state index in [9.17, 15) is 18.0 Å². The Hall–Kier alpha value is -2.38. The number of hydrogen-bond acceptors (Lipinski definition) is 3. The molecule has 2 heterocycles. The molecule has 1 N–H and O–H groups in total. The molecule has 0 unspecified atom stereocenters. The number of nitrogens with zero attached hydrogens (tertiary/aromatic N) is 3. The van der Waals surface area contributed by atoms with Crippen LogP contribution in [0.5, 0.6) is 0 Å². The summed E-state index contributed by atoms with van der Waals surface area (Å²) >= 11 is 0. The highest BCUT2D eigenvalue weighted by Gasteiger charge is 2.30. The normalized spacial score (nSPS) is 11.6. The molecule has 0 atom stereocenters. The average molecular weight is 271 g/mol. The molecule has 2 aromatic heterocycles. The van der Waals surface area contributed by atoms with Crippen LogP contribution < -0.4 is 0 Å². The van der Waals surface area contributed by atoms with Crippen LogP contribution in [0.15, 0.2) is 24.4 Å². The van der Waals surface area contributed by atoms with Crippen LogP contribution in [0.3, 0.4) is 0 Å². The Kier molecular flexibility index (Phi) is 3.01. The summed E-state index contributed by atoms with van der Waals surface area (Å²) in [6, 6.07) is 3.31. The Morgan fingerprint density at radius 3 is 2.47 bits per heavy atom. The van der Waals surface area contributed by atoms with Gasteiger partial charge in [-0.1, -0.05) is 0 Å². The van der Waals surface area contributed by atoms with Gasteiger partial charge in [0.1, 0.15) is 0 Å². The number of carbonyl (C=O) groups is 1. The summed E-state index contributed by atoms with van der Waals surface area (Å²) in [6.45, 7) is 1.58. The largest absolute Gasteiger partial charge is 0.476 e. The first kappa shape index (κ1) is 13.1. The summed E-state index contributed by atoms with van der Waals surface area (Å²) in [5.41, 5.74) is -0.608. The fourth-order valence-corrected chi connectivity index (χ4v) is 1.49. The number of halogens is 3. The maximum atomic E-state index is 12.4. The van der Waals surface area contributed by atoms with Crippen LogP contribution in [0.2, 0.25) is 0 Å². The molecule has 0 fully saturated rings. The maximum absolute atomic E-state index is 12.4. The third kappa shape index (κ3) is 2.56. The van der Waals surface area contributed by atoms with Gasteiger partial charge in [0.25, 0.3) is 0 Å². The predicted octanol–water partition coefficient (Wildman–Crippen LogP) is 2.29. The number of pyridine rings is 1. The Morgan fingerprint density at radius 1 is 1.37 bits per heavy atom. The number of carboxylic acid groups (broad SMARTS) is 1. The van der Waals surface area contributed by atoms with Gasteiger partial charge in [0, 0.05) is 11.9 Å². The molecule has 0 aromatic carbocycles. The number of aryl methyl sites for hydroxylation is 1. The minimum atomic E-state index is -4.46. The molecule has 2 rings (SSSR count). The molecule has 19 heavy (non-hydrogen) atoms. The fourth-order valence-electron chi connectivity index (χ4n) is 1.49. The lowest BCUT2D eigenvalue weighted by Gasteiger charge is -2.07. The number of aromatic carboxylic acids is 1. The topological polar surface area (TPSA) is 68.0 Å². The standard InChI is InChI=1S/C11H8F3N3O2/c1-6-4-8(10(18)19)16-17(6)9-3-2-7(5-15-9)11(12,13)14/h2-5H,1H3,(H,18,19). The van der Waals surface area contributed by atoms with Gasteiger partial charge in [-0.15, -0.1) is 0 Å². The highest BCUT2D eigenvalue weighted by atomic mass is 19.4. The van der Waals surface area contributed by atoms with E-state index in [4.69, 9.17) is 5.11 Å². The molecule has 2 aromatic rings. The zero-order valence-corrected chi connectivity index (χ0v) is 9.64. The fraction of sp³-hybridized carbons (Fsp3) is 0.182. The summed E-state index contributed by atoms with van der Waals surface area (Å²) in [5.74, 6) is -1.09. The van der Waals surface area contributed by atoms with E-state index in [-0.39, 0.29) is 11.5 Å². The van der Waals surface area contributed by atoms with E-state index in [1.807, 2.05) is 0 Å².